The van der Waals surface area contributed by atoms with Crippen LogP contribution in [0.2, 0.25) is 5.02 Å². The van der Waals surface area contributed by atoms with Crippen molar-refractivity contribution in [3.8, 4) is 0 Å². The first kappa shape index (κ1) is 14.1. The van der Waals surface area contributed by atoms with Crippen LogP contribution in [0.1, 0.15) is 6.92 Å². The van der Waals surface area contributed by atoms with Crippen molar-refractivity contribution in [2.24, 2.45) is 0 Å². The summed E-state index contributed by atoms with van der Waals surface area (Å²) in [6, 6.07) is 2.08. The Bertz CT molecular complexity index is 431. The molecular weight excluding hydrogens is 267 g/mol. The molecule has 1 aromatic rings. The number of halogens is 2. The van der Waals surface area contributed by atoms with Crippen molar-refractivity contribution >= 4 is 34.7 Å². The Labute approximate surface area is 108 Å². The van der Waals surface area contributed by atoms with E-state index in [1.54, 1.807) is 11.8 Å². The monoisotopic (exact) mass is 278 g/mol. The van der Waals surface area contributed by atoms with Crippen molar-refractivity contribution in [2.75, 3.05) is 17.3 Å². The third-order valence-electron chi connectivity index (χ3n) is 2.05. The first-order chi connectivity index (χ1) is 7.95. The summed E-state index contributed by atoms with van der Waals surface area (Å²) >= 11 is 7.11. The third-order valence-corrected chi connectivity index (χ3v) is 3.18. The van der Waals surface area contributed by atoms with Gasteiger partial charge in [-0.15, -0.1) is 0 Å². The topological polar surface area (TPSA) is 55.2 Å². The van der Waals surface area contributed by atoms with Gasteiger partial charge in [-0.1, -0.05) is 11.6 Å². The van der Waals surface area contributed by atoms with Gasteiger partial charge in [0.2, 0.25) is 0 Å². The molecule has 0 aliphatic rings. The van der Waals surface area contributed by atoms with E-state index in [4.69, 9.17) is 11.6 Å². The molecule has 1 atom stereocenters. The molecule has 94 valence electrons. The molecular formula is C10H12ClFN2O2S. The Morgan fingerprint density at radius 2 is 2.29 bits per heavy atom. The van der Waals surface area contributed by atoms with E-state index in [2.05, 4.69) is 5.32 Å². The van der Waals surface area contributed by atoms with Crippen LogP contribution in [0.25, 0.3) is 0 Å². The number of rotatable bonds is 5. The molecule has 0 radical (unpaired) electrons. The van der Waals surface area contributed by atoms with Crippen LogP contribution in [0.4, 0.5) is 15.8 Å². The van der Waals surface area contributed by atoms with Gasteiger partial charge in [0.05, 0.1) is 9.95 Å². The van der Waals surface area contributed by atoms with Gasteiger partial charge in [0.15, 0.2) is 0 Å². The number of nitrogens with zero attached hydrogens (tertiary/aromatic N) is 1. The number of benzene rings is 1. The molecule has 1 rings (SSSR count). The second kappa shape index (κ2) is 6.07. The van der Waals surface area contributed by atoms with Crippen molar-refractivity contribution in [3.05, 3.63) is 33.1 Å². The predicted molar refractivity (Wildman–Crippen MR) is 69.5 cm³/mol. The molecule has 0 saturated carbocycles. The van der Waals surface area contributed by atoms with Crippen LogP contribution in [0.5, 0.6) is 0 Å². The van der Waals surface area contributed by atoms with Gasteiger partial charge in [-0.25, -0.2) is 4.39 Å². The summed E-state index contributed by atoms with van der Waals surface area (Å²) < 4.78 is 13.3. The average molecular weight is 279 g/mol. The summed E-state index contributed by atoms with van der Waals surface area (Å²) in [5.74, 6) is 0.0950. The molecule has 1 N–H and O–H groups in total. The number of nitro groups is 1. The van der Waals surface area contributed by atoms with Crippen molar-refractivity contribution in [3.63, 3.8) is 0 Å². The first-order valence-electron chi connectivity index (χ1n) is 4.84. The molecule has 1 unspecified atom stereocenters. The van der Waals surface area contributed by atoms with E-state index in [1.165, 1.54) is 0 Å². The molecule has 0 aromatic heterocycles. The zero-order chi connectivity index (χ0) is 13.0. The molecule has 0 bridgehead atoms. The first-order valence-corrected chi connectivity index (χ1v) is 6.61. The van der Waals surface area contributed by atoms with Crippen LogP contribution >= 0.6 is 23.4 Å². The summed E-state index contributed by atoms with van der Waals surface area (Å²) in [5.41, 5.74) is -0.0668. The van der Waals surface area contributed by atoms with Gasteiger partial charge in [-0.2, -0.15) is 11.8 Å². The summed E-state index contributed by atoms with van der Waals surface area (Å²) in [6.07, 6.45) is 1.93. The Morgan fingerprint density at radius 1 is 1.65 bits per heavy atom. The number of hydrogen-bond donors (Lipinski definition) is 1. The third kappa shape index (κ3) is 3.74. The second-order valence-corrected chi connectivity index (χ2v) is 4.86. The maximum Gasteiger partial charge on any atom is 0.294 e. The molecule has 7 heteroatoms. The molecule has 0 saturated heterocycles. The summed E-state index contributed by atoms with van der Waals surface area (Å²) in [4.78, 5) is 10.2. The number of nitro benzene ring substituents is 1. The van der Waals surface area contributed by atoms with Crippen LogP contribution in [0.3, 0.4) is 0 Å². The smallest absolute Gasteiger partial charge is 0.294 e. The van der Waals surface area contributed by atoms with Gasteiger partial charge in [0, 0.05) is 23.9 Å². The number of nitrogens with one attached hydrogen (secondary N) is 1. The maximum absolute atomic E-state index is 13.3. The number of anilines is 1. The van der Waals surface area contributed by atoms with Gasteiger partial charge in [-0.05, 0) is 13.2 Å². The lowest BCUT2D eigenvalue weighted by atomic mass is 10.2. The fourth-order valence-electron chi connectivity index (χ4n) is 1.36. The zero-order valence-corrected chi connectivity index (χ0v) is 10.9. The predicted octanol–water partition coefficient (Wildman–Crippen LogP) is 3.55. The van der Waals surface area contributed by atoms with E-state index in [0.29, 0.717) is 0 Å². The summed E-state index contributed by atoms with van der Waals surface area (Å²) in [5, 5.41) is 13.5. The van der Waals surface area contributed by atoms with Crippen molar-refractivity contribution in [1.29, 1.82) is 0 Å². The largest absolute Gasteiger partial charge is 0.376 e. The molecule has 0 fully saturated rings. The van der Waals surface area contributed by atoms with E-state index in [-0.39, 0.29) is 22.4 Å². The lowest BCUT2D eigenvalue weighted by Crippen LogP contribution is -2.18. The quantitative estimate of drug-likeness (QED) is 0.661. The van der Waals surface area contributed by atoms with Crippen LogP contribution in [-0.4, -0.2) is 23.0 Å². The molecule has 1 aromatic carbocycles. The molecule has 0 aliphatic carbocycles. The van der Waals surface area contributed by atoms with Crippen LogP contribution in [0.15, 0.2) is 12.1 Å². The Hall–Kier alpha value is -1.01. The molecule has 0 amide bonds. The van der Waals surface area contributed by atoms with Crippen molar-refractivity contribution in [1.82, 2.24) is 0 Å². The van der Waals surface area contributed by atoms with Crippen molar-refractivity contribution < 1.29 is 9.31 Å². The van der Waals surface area contributed by atoms with Crippen molar-refractivity contribution in [2.45, 2.75) is 13.0 Å². The fraction of sp³-hybridized carbons (Fsp3) is 0.400. The SMILES string of the molecule is CSCC(C)Nc1cc(F)c(Cl)cc1[N+](=O)[O-]. The summed E-state index contributed by atoms with van der Waals surface area (Å²) in [7, 11) is 0. The van der Waals surface area contributed by atoms with E-state index >= 15 is 0 Å². The van der Waals surface area contributed by atoms with Crippen LogP contribution in [0, 0.1) is 15.9 Å². The lowest BCUT2D eigenvalue weighted by molar-refractivity contribution is -0.384. The summed E-state index contributed by atoms with van der Waals surface area (Å²) in [6.45, 7) is 1.87. The normalized spacial score (nSPS) is 12.2. The van der Waals surface area contributed by atoms with Gasteiger partial charge >= 0.3 is 0 Å². The van der Waals surface area contributed by atoms with E-state index < -0.39 is 10.7 Å². The van der Waals surface area contributed by atoms with E-state index in [1.807, 2.05) is 13.2 Å². The second-order valence-electron chi connectivity index (χ2n) is 3.54. The molecule has 0 aliphatic heterocycles. The number of thioether (sulfide) groups is 1. The van der Waals surface area contributed by atoms with Crippen LogP contribution in [-0.2, 0) is 0 Å². The maximum atomic E-state index is 13.3. The highest BCUT2D eigenvalue weighted by Gasteiger charge is 2.18. The van der Waals surface area contributed by atoms with Gasteiger partial charge in [-0.3, -0.25) is 10.1 Å². The Kier molecular flexibility index (Phi) is 5.02. The highest BCUT2D eigenvalue weighted by Crippen LogP contribution is 2.30. The van der Waals surface area contributed by atoms with Gasteiger partial charge in [0.25, 0.3) is 5.69 Å². The fourth-order valence-corrected chi connectivity index (χ4v) is 2.10. The Morgan fingerprint density at radius 3 is 2.82 bits per heavy atom. The molecule has 0 spiro atoms. The zero-order valence-electron chi connectivity index (χ0n) is 9.37. The van der Waals surface area contributed by atoms with Gasteiger partial charge in [0.1, 0.15) is 11.5 Å². The minimum absolute atomic E-state index is 0.00396. The number of hydrogen-bond acceptors (Lipinski definition) is 4. The Balaban J connectivity index is 3.04. The minimum Gasteiger partial charge on any atom is -0.376 e. The highest BCUT2D eigenvalue weighted by atomic mass is 35.5. The lowest BCUT2D eigenvalue weighted by Gasteiger charge is -2.14. The van der Waals surface area contributed by atoms with Crippen LogP contribution < -0.4 is 5.32 Å². The van der Waals surface area contributed by atoms with E-state index in [9.17, 15) is 14.5 Å². The average Bonchev–Trinajstić information content (AvgIpc) is 2.23. The highest BCUT2D eigenvalue weighted by molar-refractivity contribution is 7.98. The molecule has 17 heavy (non-hydrogen) atoms. The molecule has 0 heterocycles. The van der Waals surface area contributed by atoms with E-state index in [0.717, 1.165) is 17.9 Å². The van der Waals surface area contributed by atoms with Gasteiger partial charge < -0.3 is 5.32 Å². The minimum atomic E-state index is -0.670. The standard InChI is InChI=1S/C10H12ClFN2O2S/c1-6(5-17-2)13-9-4-8(12)7(11)3-10(9)14(15)16/h3-4,6,13H,5H2,1-2H3. The molecule has 4 nitrogen and oxygen atoms in total.